The lowest BCUT2D eigenvalue weighted by Gasteiger charge is -2.04. The molecule has 0 unspecified atom stereocenters. The van der Waals surface area contributed by atoms with Crippen LogP contribution in [0.15, 0.2) is 52.3 Å². The molecule has 0 spiro atoms. The van der Waals surface area contributed by atoms with E-state index in [1.54, 1.807) is 18.2 Å². The molecule has 1 aromatic carbocycles. The maximum absolute atomic E-state index is 12.2. The third kappa shape index (κ3) is 1.81. The van der Waals surface area contributed by atoms with Gasteiger partial charge < -0.3 is 0 Å². The molecule has 3 rings (SSSR count). The van der Waals surface area contributed by atoms with Gasteiger partial charge in [0.25, 0.3) is 11.5 Å². The summed E-state index contributed by atoms with van der Waals surface area (Å²) in [4.78, 5) is 46.3. The highest BCUT2D eigenvalue weighted by Crippen LogP contribution is 2.01. The summed E-state index contributed by atoms with van der Waals surface area (Å²) in [5.41, 5.74) is -1.39. The van der Waals surface area contributed by atoms with Crippen molar-refractivity contribution < 1.29 is 4.79 Å². The van der Waals surface area contributed by atoms with Crippen LogP contribution in [0.4, 0.5) is 0 Å². The minimum absolute atomic E-state index is 0.0552. The topological polar surface area (TPSA) is 97.7 Å². The second kappa shape index (κ2) is 4.54. The predicted octanol–water partition coefficient (Wildman–Crippen LogP) is 0.168. The fraction of sp³-hybridized carbons (Fsp3) is 0. The Morgan fingerprint density at radius 3 is 2.50 bits per heavy atom. The third-order valence-electron chi connectivity index (χ3n) is 2.76. The largest absolute Gasteiger partial charge is 0.337 e. The van der Waals surface area contributed by atoms with Crippen molar-refractivity contribution in [1.29, 1.82) is 0 Å². The van der Waals surface area contributed by atoms with Gasteiger partial charge in [-0.15, -0.1) is 0 Å². The van der Waals surface area contributed by atoms with Crippen LogP contribution in [0.2, 0.25) is 0 Å². The van der Waals surface area contributed by atoms with Crippen LogP contribution >= 0.6 is 0 Å². The van der Waals surface area contributed by atoms with Gasteiger partial charge in [0.05, 0.1) is 0 Å². The minimum Gasteiger partial charge on any atom is -0.289 e. The van der Waals surface area contributed by atoms with Gasteiger partial charge in [0.2, 0.25) is 0 Å². The summed E-state index contributed by atoms with van der Waals surface area (Å²) in [7, 11) is 0. The van der Waals surface area contributed by atoms with E-state index >= 15 is 0 Å². The lowest BCUT2D eigenvalue weighted by atomic mass is 10.2. The van der Waals surface area contributed by atoms with E-state index in [0.717, 1.165) is 0 Å². The number of benzene rings is 1. The Kier molecular flexibility index (Phi) is 2.72. The molecule has 0 saturated carbocycles. The molecule has 7 nitrogen and oxygen atoms in total. The summed E-state index contributed by atoms with van der Waals surface area (Å²) in [6.45, 7) is 0. The summed E-state index contributed by atoms with van der Waals surface area (Å²) in [6, 6.07) is 8.07. The number of nitrogens with zero attached hydrogens (tertiary/aromatic N) is 3. The van der Waals surface area contributed by atoms with Crippen LogP contribution in [-0.2, 0) is 0 Å². The molecule has 0 radical (unpaired) electrons. The molecule has 0 aliphatic rings. The molecule has 0 atom stereocenters. The Morgan fingerprint density at radius 2 is 1.75 bits per heavy atom. The number of H-pyrrole nitrogens is 1. The van der Waals surface area contributed by atoms with Crippen molar-refractivity contribution in [2.75, 3.05) is 0 Å². The quantitative estimate of drug-likeness (QED) is 0.678. The normalized spacial score (nSPS) is 10.6. The van der Waals surface area contributed by atoms with Crippen molar-refractivity contribution >= 4 is 17.1 Å². The highest BCUT2D eigenvalue weighted by atomic mass is 16.2. The number of hydrogen-bond acceptors (Lipinski definition) is 5. The molecule has 20 heavy (non-hydrogen) atoms. The zero-order valence-electron chi connectivity index (χ0n) is 10.1. The highest BCUT2D eigenvalue weighted by molar-refractivity contribution is 5.96. The second-order valence-electron chi connectivity index (χ2n) is 4.00. The van der Waals surface area contributed by atoms with Crippen molar-refractivity contribution in [1.82, 2.24) is 19.5 Å². The number of aromatic amines is 1. The molecule has 0 bridgehead atoms. The first-order valence-corrected chi connectivity index (χ1v) is 5.74. The average molecular weight is 268 g/mol. The third-order valence-corrected chi connectivity index (χ3v) is 2.76. The van der Waals surface area contributed by atoms with Gasteiger partial charge in [-0.3, -0.25) is 14.6 Å². The van der Waals surface area contributed by atoms with Crippen molar-refractivity contribution in [2.45, 2.75) is 0 Å². The number of fused-ring (bicyclic) bond motifs is 1. The van der Waals surface area contributed by atoms with Crippen LogP contribution in [0.3, 0.4) is 0 Å². The molecular weight excluding hydrogens is 260 g/mol. The Bertz CT molecular complexity index is 912. The summed E-state index contributed by atoms with van der Waals surface area (Å²) < 4.78 is 0.520. The fourth-order valence-corrected chi connectivity index (χ4v) is 1.84. The summed E-state index contributed by atoms with van der Waals surface area (Å²) in [5, 5.41) is 0. The van der Waals surface area contributed by atoms with Gasteiger partial charge in [0.1, 0.15) is 0 Å². The molecule has 2 heterocycles. The van der Waals surface area contributed by atoms with E-state index in [-0.39, 0.29) is 16.7 Å². The molecule has 3 aromatic rings. The smallest absolute Gasteiger partial charge is 0.289 e. The van der Waals surface area contributed by atoms with Crippen LogP contribution in [0.25, 0.3) is 11.2 Å². The maximum Gasteiger partial charge on any atom is 0.337 e. The average Bonchev–Trinajstić information content (AvgIpc) is 2.48. The zero-order chi connectivity index (χ0) is 14.1. The van der Waals surface area contributed by atoms with E-state index in [1.165, 1.54) is 24.5 Å². The SMILES string of the molecule is O=C(c1ccccc1)n1c(=O)[nH]c2nccnc2c1=O. The molecule has 0 aliphatic heterocycles. The number of carbonyl (C=O) groups excluding carboxylic acids is 1. The van der Waals surface area contributed by atoms with Crippen molar-refractivity contribution in [2.24, 2.45) is 0 Å². The molecule has 0 saturated heterocycles. The Hall–Kier alpha value is -3.09. The number of carbonyl (C=O) groups is 1. The monoisotopic (exact) mass is 268 g/mol. The van der Waals surface area contributed by atoms with E-state index in [2.05, 4.69) is 15.0 Å². The van der Waals surface area contributed by atoms with Gasteiger partial charge in [-0.2, -0.15) is 4.57 Å². The number of nitrogens with one attached hydrogen (secondary N) is 1. The number of aromatic nitrogens is 4. The minimum atomic E-state index is -0.836. The van der Waals surface area contributed by atoms with E-state index in [1.807, 2.05) is 0 Å². The van der Waals surface area contributed by atoms with E-state index < -0.39 is 17.2 Å². The van der Waals surface area contributed by atoms with Gasteiger partial charge in [-0.1, -0.05) is 18.2 Å². The van der Waals surface area contributed by atoms with E-state index in [4.69, 9.17) is 0 Å². The first-order chi connectivity index (χ1) is 9.68. The summed E-state index contributed by atoms with van der Waals surface area (Å²) >= 11 is 0. The molecule has 0 fully saturated rings. The highest BCUT2D eigenvalue weighted by Gasteiger charge is 2.16. The van der Waals surface area contributed by atoms with Crippen LogP contribution in [0.5, 0.6) is 0 Å². The molecule has 1 N–H and O–H groups in total. The maximum atomic E-state index is 12.2. The lowest BCUT2D eigenvalue weighted by molar-refractivity contribution is 0.0951. The lowest BCUT2D eigenvalue weighted by Crippen LogP contribution is -2.40. The molecule has 7 heteroatoms. The van der Waals surface area contributed by atoms with Gasteiger partial charge in [-0.05, 0) is 12.1 Å². The van der Waals surface area contributed by atoms with E-state index in [0.29, 0.717) is 4.57 Å². The Morgan fingerprint density at radius 1 is 1.05 bits per heavy atom. The number of hydrogen-bond donors (Lipinski definition) is 1. The van der Waals surface area contributed by atoms with Crippen LogP contribution in [-0.4, -0.2) is 25.4 Å². The predicted molar refractivity (Wildman–Crippen MR) is 70.6 cm³/mol. The molecule has 2 aromatic heterocycles. The van der Waals surface area contributed by atoms with Crippen LogP contribution in [0.1, 0.15) is 10.4 Å². The molecule has 98 valence electrons. The van der Waals surface area contributed by atoms with E-state index in [9.17, 15) is 14.4 Å². The van der Waals surface area contributed by atoms with Gasteiger partial charge in [0, 0.05) is 18.0 Å². The van der Waals surface area contributed by atoms with Gasteiger partial charge in [-0.25, -0.2) is 14.8 Å². The summed E-state index contributed by atoms with van der Waals surface area (Å²) in [5.74, 6) is -0.704. The first kappa shape index (κ1) is 12.0. The number of rotatable bonds is 1. The van der Waals surface area contributed by atoms with Crippen LogP contribution < -0.4 is 11.2 Å². The zero-order valence-corrected chi connectivity index (χ0v) is 10.1. The molecule has 0 amide bonds. The fourth-order valence-electron chi connectivity index (χ4n) is 1.84. The molecule has 0 aliphatic carbocycles. The van der Waals surface area contributed by atoms with Crippen molar-refractivity contribution in [3.05, 3.63) is 69.1 Å². The van der Waals surface area contributed by atoms with Gasteiger partial charge in [0.15, 0.2) is 11.2 Å². The van der Waals surface area contributed by atoms with Gasteiger partial charge >= 0.3 is 5.69 Å². The Labute approximate surface area is 111 Å². The standard InChI is InChI=1S/C13H8N4O3/c18-11(8-4-2-1-3-5-8)17-12(19)9-10(16-13(17)20)15-7-6-14-9/h1-7H,(H,15,16,20). The van der Waals surface area contributed by atoms with Crippen molar-refractivity contribution in [3.8, 4) is 0 Å². The summed E-state index contributed by atoms with van der Waals surface area (Å²) in [6.07, 6.45) is 2.67. The second-order valence-corrected chi connectivity index (χ2v) is 4.00. The van der Waals surface area contributed by atoms with Crippen molar-refractivity contribution in [3.63, 3.8) is 0 Å². The first-order valence-electron chi connectivity index (χ1n) is 5.74. The Balaban J connectivity index is 2.30. The van der Waals surface area contributed by atoms with Crippen LogP contribution in [0, 0.1) is 0 Å². The molecular formula is C13H8N4O3.